The highest BCUT2D eigenvalue weighted by atomic mass is 16.5. The van der Waals surface area contributed by atoms with E-state index in [2.05, 4.69) is 45.0 Å². The van der Waals surface area contributed by atoms with Gasteiger partial charge >= 0.3 is 6.03 Å². The number of hydrogen-bond acceptors (Lipinski definition) is 6. The van der Waals surface area contributed by atoms with E-state index in [0.29, 0.717) is 18.1 Å². The minimum absolute atomic E-state index is 0.00568. The molecular formula is C19H34N6O2. The number of likely N-dealkylation sites (N-methyl/N-ethyl adjacent to an activating group) is 1. The highest BCUT2D eigenvalue weighted by Crippen LogP contribution is 2.32. The van der Waals surface area contributed by atoms with Crippen LogP contribution in [0.15, 0.2) is 0 Å². The van der Waals surface area contributed by atoms with Gasteiger partial charge in [-0.25, -0.2) is 4.79 Å². The van der Waals surface area contributed by atoms with Gasteiger partial charge in [-0.3, -0.25) is 10.6 Å². The molecule has 5 saturated heterocycles. The van der Waals surface area contributed by atoms with Crippen LogP contribution in [-0.2, 0) is 4.74 Å². The first-order valence-corrected chi connectivity index (χ1v) is 10.8. The Hall–Kier alpha value is -0.930. The Balaban J connectivity index is 1.48. The molecule has 5 heterocycles. The second-order valence-electron chi connectivity index (χ2n) is 9.02. The molecule has 0 aromatic carbocycles. The summed E-state index contributed by atoms with van der Waals surface area (Å²) in [6.07, 6.45) is 5.61. The normalized spacial score (nSPS) is 48.2. The van der Waals surface area contributed by atoms with E-state index in [1.54, 1.807) is 0 Å². The fraction of sp³-hybridized carbons (Fsp3) is 0.947. The van der Waals surface area contributed by atoms with E-state index >= 15 is 0 Å². The van der Waals surface area contributed by atoms with E-state index in [1.165, 1.54) is 0 Å². The Bertz CT molecular complexity index is 576. The van der Waals surface area contributed by atoms with Crippen LogP contribution in [0.2, 0.25) is 0 Å². The lowest BCUT2D eigenvalue weighted by Gasteiger charge is -2.51. The molecule has 0 spiro atoms. The molecule has 27 heavy (non-hydrogen) atoms. The number of hydrogen-bond donors (Lipinski definition) is 4. The maximum atomic E-state index is 12.9. The molecule has 0 aliphatic carbocycles. The topological polar surface area (TPSA) is 80.9 Å². The van der Waals surface area contributed by atoms with Crippen LogP contribution in [0.5, 0.6) is 0 Å². The van der Waals surface area contributed by atoms with Crippen LogP contribution in [0.25, 0.3) is 0 Å². The molecule has 0 radical (unpaired) electrons. The zero-order valence-electron chi connectivity index (χ0n) is 16.5. The van der Waals surface area contributed by atoms with E-state index < -0.39 is 0 Å². The van der Waals surface area contributed by atoms with Gasteiger partial charge in [-0.2, -0.15) is 0 Å². The number of rotatable bonds is 0. The SMILES string of the molecule is C[C@H]1CCN(C)C2CCNC3CCC(NC32)N2C(=O)NC3NCCC(O1)C32. The standard InChI is InChI=1S/C19H34N6O2/c1-11-7-10-24(2)13-5-8-20-12-3-4-15(22-16(12)13)25-17-14(27-11)6-9-21-18(17)23-19(25)26/h11-18,20-22H,3-10H2,1-2H3,(H,23,26)/t11-,12?,13?,14?,15?,16?,17?,18?/m0/s1. The van der Waals surface area contributed by atoms with Gasteiger partial charge in [-0.1, -0.05) is 0 Å². The van der Waals surface area contributed by atoms with Gasteiger partial charge in [0.2, 0.25) is 0 Å². The van der Waals surface area contributed by atoms with E-state index in [-0.39, 0.29) is 36.6 Å². The van der Waals surface area contributed by atoms with Crippen LogP contribution in [-0.4, -0.2) is 91.2 Å². The van der Waals surface area contributed by atoms with Crippen LogP contribution in [0.1, 0.15) is 39.0 Å². The summed E-state index contributed by atoms with van der Waals surface area (Å²) in [7, 11) is 2.25. The zero-order valence-corrected chi connectivity index (χ0v) is 16.5. The van der Waals surface area contributed by atoms with E-state index in [9.17, 15) is 4.79 Å². The molecule has 152 valence electrons. The van der Waals surface area contributed by atoms with Crippen LogP contribution in [0, 0.1) is 0 Å². The summed E-state index contributed by atoms with van der Waals surface area (Å²) in [5.41, 5.74) is 0. The summed E-state index contributed by atoms with van der Waals surface area (Å²) in [6.45, 7) is 5.22. The number of carbonyl (C=O) groups excluding carboxylic acids is 1. The van der Waals surface area contributed by atoms with Crippen molar-refractivity contribution < 1.29 is 9.53 Å². The fourth-order valence-electron chi connectivity index (χ4n) is 5.98. The molecule has 2 bridgehead atoms. The van der Waals surface area contributed by atoms with Crippen LogP contribution in [0.4, 0.5) is 4.79 Å². The van der Waals surface area contributed by atoms with Crippen molar-refractivity contribution in [2.75, 3.05) is 26.7 Å². The third-order valence-corrected chi connectivity index (χ3v) is 7.38. The highest BCUT2D eigenvalue weighted by Gasteiger charge is 2.52. The highest BCUT2D eigenvalue weighted by molar-refractivity contribution is 5.78. The lowest BCUT2D eigenvalue weighted by molar-refractivity contribution is -0.0813. The quantitative estimate of drug-likeness (QED) is 0.460. The molecule has 5 aliphatic heterocycles. The summed E-state index contributed by atoms with van der Waals surface area (Å²) in [6, 6.07) is 1.51. The van der Waals surface area contributed by atoms with Crippen LogP contribution < -0.4 is 21.3 Å². The Morgan fingerprint density at radius 1 is 1.07 bits per heavy atom. The van der Waals surface area contributed by atoms with Crippen molar-refractivity contribution in [2.24, 2.45) is 0 Å². The van der Waals surface area contributed by atoms with Gasteiger partial charge in [0.15, 0.2) is 0 Å². The first-order chi connectivity index (χ1) is 13.1. The second-order valence-corrected chi connectivity index (χ2v) is 9.02. The van der Waals surface area contributed by atoms with Crippen molar-refractivity contribution in [2.45, 2.75) is 87.7 Å². The maximum Gasteiger partial charge on any atom is 0.320 e. The van der Waals surface area contributed by atoms with Crippen LogP contribution >= 0.6 is 0 Å². The third-order valence-electron chi connectivity index (χ3n) is 7.38. The number of fused-ring (bicyclic) bond motifs is 2. The molecule has 7 unspecified atom stereocenters. The van der Waals surface area contributed by atoms with Crippen molar-refractivity contribution in [1.82, 2.24) is 31.1 Å². The average Bonchev–Trinajstić information content (AvgIpc) is 3.01. The lowest BCUT2D eigenvalue weighted by Crippen LogP contribution is -2.71. The Labute approximate surface area is 161 Å². The summed E-state index contributed by atoms with van der Waals surface area (Å²) in [5.74, 6) is 0. The monoisotopic (exact) mass is 378 g/mol. The smallest absolute Gasteiger partial charge is 0.320 e. The molecule has 5 rings (SSSR count). The van der Waals surface area contributed by atoms with Crippen molar-refractivity contribution in [3.63, 3.8) is 0 Å². The maximum absolute atomic E-state index is 12.9. The van der Waals surface area contributed by atoms with Gasteiger partial charge in [0, 0.05) is 24.7 Å². The molecule has 0 aromatic rings. The Morgan fingerprint density at radius 3 is 2.81 bits per heavy atom. The summed E-state index contributed by atoms with van der Waals surface area (Å²) >= 11 is 0. The predicted octanol–water partition coefficient (Wildman–Crippen LogP) is -0.383. The number of piperidine rings is 3. The Kier molecular flexibility index (Phi) is 4.80. The van der Waals surface area contributed by atoms with Gasteiger partial charge in [-0.15, -0.1) is 0 Å². The van der Waals surface area contributed by atoms with Gasteiger partial charge in [0.1, 0.15) is 6.17 Å². The molecule has 4 N–H and O–H groups in total. The van der Waals surface area contributed by atoms with Gasteiger partial charge in [-0.05, 0) is 59.2 Å². The predicted molar refractivity (Wildman–Crippen MR) is 102 cm³/mol. The Morgan fingerprint density at radius 2 is 1.93 bits per heavy atom. The van der Waals surface area contributed by atoms with Crippen molar-refractivity contribution >= 4 is 6.03 Å². The van der Waals surface area contributed by atoms with Gasteiger partial charge < -0.3 is 25.2 Å². The summed E-state index contributed by atoms with van der Waals surface area (Å²) in [4.78, 5) is 17.5. The van der Waals surface area contributed by atoms with E-state index in [4.69, 9.17) is 4.74 Å². The molecule has 8 heteroatoms. The number of nitrogens with one attached hydrogen (secondary N) is 4. The van der Waals surface area contributed by atoms with E-state index in [1.807, 2.05) is 0 Å². The number of ether oxygens (including phenoxy) is 1. The fourth-order valence-corrected chi connectivity index (χ4v) is 5.98. The van der Waals surface area contributed by atoms with Crippen molar-refractivity contribution in [3.8, 4) is 0 Å². The van der Waals surface area contributed by atoms with Crippen molar-refractivity contribution in [1.29, 1.82) is 0 Å². The largest absolute Gasteiger partial charge is 0.373 e. The average molecular weight is 379 g/mol. The summed E-state index contributed by atoms with van der Waals surface area (Å²) < 4.78 is 6.51. The number of carbonyl (C=O) groups is 1. The second kappa shape index (κ2) is 7.15. The molecule has 0 aromatic heterocycles. The minimum Gasteiger partial charge on any atom is -0.373 e. The molecule has 5 fully saturated rings. The van der Waals surface area contributed by atoms with Gasteiger partial charge in [0.05, 0.1) is 24.4 Å². The van der Waals surface area contributed by atoms with Gasteiger partial charge in [0.25, 0.3) is 0 Å². The van der Waals surface area contributed by atoms with E-state index in [0.717, 1.165) is 51.7 Å². The molecule has 8 atom stereocenters. The third kappa shape index (κ3) is 3.15. The zero-order chi connectivity index (χ0) is 18.5. The molecule has 8 nitrogen and oxygen atoms in total. The minimum atomic E-state index is -0.00568. The number of nitrogens with zero attached hydrogens (tertiary/aromatic N) is 2. The first-order valence-electron chi connectivity index (χ1n) is 10.8. The van der Waals surface area contributed by atoms with Crippen molar-refractivity contribution in [3.05, 3.63) is 0 Å². The summed E-state index contributed by atoms with van der Waals surface area (Å²) in [5, 5.41) is 14.2. The molecule has 0 saturated carbocycles. The lowest BCUT2D eigenvalue weighted by atomic mass is 9.84. The molecule has 2 amide bonds. The molecular weight excluding hydrogens is 344 g/mol. The number of amides is 2. The first kappa shape index (κ1) is 18.1. The molecule has 5 aliphatic rings. The van der Waals surface area contributed by atoms with Crippen LogP contribution in [0.3, 0.4) is 0 Å². The number of urea groups is 1.